The van der Waals surface area contributed by atoms with Gasteiger partial charge in [-0.25, -0.2) is 49.3 Å². The van der Waals surface area contributed by atoms with Crippen LogP contribution in [0.15, 0.2) is 110 Å². The second-order valence-electron chi connectivity index (χ2n) is 15.5. The quantitative estimate of drug-likeness (QED) is 0.0709. The zero-order valence-corrected chi connectivity index (χ0v) is 40.8. The summed E-state index contributed by atoms with van der Waals surface area (Å²) in [6.07, 6.45) is 16.7. The van der Waals surface area contributed by atoms with Crippen LogP contribution in [-0.4, -0.2) is 130 Å². The van der Waals surface area contributed by atoms with Gasteiger partial charge in [0.2, 0.25) is 5.95 Å². The number of nitrogens with zero attached hydrogens (tertiary/aromatic N) is 15. The fourth-order valence-corrected chi connectivity index (χ4v) is 5.81. The molecule has 9 aromatic heterocycles. The van der Waals surface area contributed by atoms with Crippen molar-refractivity contribution in [1.29, 1.82) is 0 Å². The molecule has 74 heavy (non-hydrogen) atoms. The molecule has 33 heteroatoms. The van der Waals surface area contributed by atoms with Gasteiger partial charge >= 0.3 is 17.4 Å². The largest absolute Gasteiger partial charge is 0.382 e. The minimum atomic E-state index is -0.517. The molecule has 388 valence electrons. The molecule has 0 radical (unpaired) electrons. The first-order chi connectivity index (χ1) is 34.9. The van der Waals surface area contributed by atoms with E-state index in [9.17, 15) is 38.4 Å². The van der Waals surface area contributed by atoms with Crippen molar-refractivity contribution in [3.8, 4) is 0 Å². The first-order valence-electron chi connectivity index (χ1n) is 21.1. The van der Waals surface area contributed by atoms with Crippen LogP contribution >= 0.6 is 0 Å². The van der Waals surface area contributed by atoms with Crippen LogP contribution in [0.2, 0.25) is 0 Å². The van der Waals surface area contributed by atoms with Crippen molar-refractivity contribution in [2.45, 2.75) is 13.1 Å². The van der Waals surface area contributed by atoms with Gasteiger partial charge in [-0.1, -0.05) is 6.58 Å². The van der Waals surface area contributed by atoms with Crippen LogP contribution < -0.4 is 61.5 Å². The van der Waals surface area contributed by atoms with E-state index in [-0.39, 0.29) is 51.9 Å². The number of fused-ring (bicyclic) bond motifs is 4. The molecule has 0 fully saturated rings. The van der Waals surface area contributed by atoms with Gasteiger partial charge < -0.3 is 65.5 Å². The third-order valence-electron chi connectivity index (χ3n) is 9.79. The molecule has 2 aliphatic heterocycles. The van der Waals surface area contributed by atoms with Crippen LogP contribution in [0.25, 0.3) is 44.7 Å². The van der Waals surface area contributed by atoms with E-state index >= 15 is 0 Å². The maximum absolute atomic E-state index is 11.2. The van der Waals surface area contributed by atoms with Gasteiger partial charge in [-0.3, -0.25) is 43.9 Å². The van der Waals surface area contributed by atoms with Crippen LogP contribution in [-0.2, 0) is 40.0 Å². The van der Waals surface area contributed by atoms with Crippen molar-refractivity contribution in [3.63, 3.8) is 0 Å². The van der Waals surface area contributed by atoms with Crippen molar-refractivity contribution in [2.24, 2.45) is 41.0 Å². The lowest BCUT2D eigenvalue weighted by Crippen LogP contribution is -2.48. The number of hydrogen-bond acceptors (Lipinski definition) is 20. The number of aromatic nitrogens is 18. The van der Waals surface area contributed by atoms with Crippen molar-refractivity contribution < 1.29 is 9.59 Å². The van der Waals surface area contributed by atoms with Crippen molar-refractivity contribution in [2.75, 3.05) is 25.6 Å². The highest BCUT2D eigenvalue weighted by atomic mass is 16.2. The van der Waals surface area contributed by atoms with Crippen LogP contribution in [0.1, 0.15) is 5.56 Å². The summed E-state index contributed by atoms with van der Waals surface area (Å²) in [5.41, 5.74) is 18.5. The molecule has 1 unspecified atom stereocenters. The zero-order chi connectivity index (χ0) is 54.6. The Hall–Kier alpha value is -10.6. The summed E-state index contributed by atoms with van der Waals surface area (Å²) in [6.45, 7) is 5.24. The van der Waals surface area contributed by atoms with Gasteiger partial charge in [0.25, 0.3) is 28.1 Å². The van der Waals surface area contributed by atoms with Crippen LogP contribution in [0, 0.1) is 6.92 Å². The lowest BCUT2D eigenvalue weighted by molar-refractivity contribution is -0.116. The highest BCUT2D eigenvalue weighted by molar-refractivity contribution is 5.89. The molecular weight excluding hydrogens is 971 g/mol. The van der Waals surface area contributed by atoms with E-state index in [4.69, 9.17) is 17.2 Å². The summed E-state index contributed by atoms with van der Waals surface area (Å²) in [5, 5.41) is 5.04. The molecule has 0 aliphatic carbocycles. The topological polar surface area (TPSA) is 452 Å². The molecule has 0 saturated carbocycles. The highest BCUT2D eigenvalue weighted by Crippen LogP contribution is 2.12. The minimum Gasteiger partial charge on any atom is -0.382 e. The molecule has 13 N–H and O–H groups in total. The molecule has 33 nitrogen and oxygen atoms in total. The van der Waals surface area contributed by atoms with Gasteiger partial charge in [0, 0.05) is 79.6 Å². The summed E-state index contributed by atoms with van der Waals surface area (Å²) < 4.78 is 8.04. The molecule has 3 amide bonds. The van der Waals surface area contributed by atoms with E-state index in [1.165, 1.54) is 47.0 Å². The van der Waals surface area contributed by atoms with E-state index in [0.29, 0.717) is 50.7 Å². The molecule has 9 aromatic rings. The smallest absolute Gasteiger partial charge is 0.328 e. The van der Waals surface area contributed by atoms with Crippen LogP contribution in [0.3, 0.4) is 0 Å². The average Bonchev–Trinajstić information content (AvgIpc) is 4.13. The maximum Gasteiger partial charge on any atom is 0.328 e. The third-order valence-corrected chi connectivity index (χ3v) is 9.79. The Morgan fingerprint density at radius 2 is 1.18 bits per heavy atom. The minimum absolute atomic E-state index is 0.108. The lowest BCUT2D eigenvalue weighted by Gasteiger charge is -2.21. The zero-order valence-electron chi connectivity index (χ0n) is 40.8. The van der Waals surface area contributed by atoms with Gasteiger partial charge in [-0.15, -0.1) is 0 Å². The number of carbonyl (C=O) groups excluding carboxylic acids is 2. The van der Waals surface area contributed by atoms with Crippen molar-refractivity contribution in [3.05, 3.63) is 149 Å². The predicted molar refractivity (Wildman–Crippen MR) is 270 cm³/mol. The summed E-state index contributed by atoms with van der Waals surface area (Å²) in [6, 6.07) is -0.162. The molecule has 11 rings (SSSR count). The molecule has 11 heterocycles. The molecule has 0 aromatic carbocycles. The van der Waals surface area contributed by atoms with Crippen LogP contribution in [0.5, 0.6) is 0 Å². The Bertz CT molecular complexity index is 3880. The number of hydrogen-bond donors (Lipinski definition) is 10. The number of anilines is 2. The third kappa shape index (κ3) is 13.8. The second-order valence-corrected chi connectivity index (χ2v) is 15.5. The Morgan fingerprint density at radius 1 is 0.595 bits per heavy atom. The monoisotopic (exact) mass is 1020 g/mol. The number of imidazole rings is 4. The van der Waals surface area contributed by atoms with Gasteiger partial charge in [0.15, 0.2) is 39.3 Å². The Labute approximate surface area is 413 Å². The first kappa shape index (κ1) is 54.3. The van der Waals surface area contributed by atoms with E-state index in [1.54, 1.807) is 96.5 Å². The summed E-state index contributed by atoms with van der Waals surface area (Å²) in [4.78, 5) is 133. The lowest BCUT2D eigenvalue weighted by atomic mass is 10.4. The number of nitrogens with two attached hydrogens (primary N) is 3. The number of aromatic amines is 5. The van der Waals surface area contributed by atoms with E-state index in [1.807, 2.05) is 14.1 Å². The molecule has 0 spiro atoms. The Balaban J connectivity index is 0.000000160. The standard InChI is InChI=1S/C6H7N5O.C6H7N5.C6H6N4O2.C6H6N4O.C6H8N2O2.C6H8N2O.C5H9N3O/c1-11-2-8-3-4(11)9-6(7)10-5(3)12;1-11-3-10-4-5(7)8-2-9-6(4)11;1-10-2-7-3-4(10)8-6(12)9-5(3)11;1-10-3-9-4-5(10)7-2-8-6(4)11;1-4-3-8(2)6(10)7-5(4)9;1-5-7-6(9)3-4-8(5)2;1-8-3-2-4(6)7-5(8)9/h2H,1H3,(H3,7,9,10,12);2-3H,1H3,(H2,7,8,9);2H,1H3,(H2,8,9,11,12);2-3H,1H3,(H,7,8,11);3H,1-2H3,(H,7,9,10);3-4H,1H2,2H3,(H,7,9);2-4H,6H2,1H3,(H,7,9). The SMILES string of the molecule is C=C1NC(=O)C=CN1C.CN1C=CC(N)NC1=O.Cc1cn(C)c(=O)[nH]c1=O.Cn1cnc2c(=O)[nH]c(=O)[nH]c21.Cn1cnc2c(=O)[nH]c(N)nc21.Cn1cnc2c(=O)[nH]cnc21.Cn1cnc2c(N)ncnc21. The summed E-state index contributed by atoms with van der Waals surface area (Å²) in [5.74, 6) is 1.03. The molecule has 0 saturated heterocycles. The molecular formula is C41H51N25O8. The predicted octanol–water partition coefficient (Wildman–Crippen LogP) is -3.35. The van der Waals surface area contributed by atoms with Gasteiger partial charge in [-0.05, 0) is 13.0 Å². The van der Waals surface area contributed by atoms with Crippen molar-refractivity contribution in [1.82, 2.24) is 108 Å². The molecule has 2 aliphatic rings. The Kier molecular flexibility index (Phi) is 17.5. The number of nitrogens with one attached hydrogen (secondary N) is 7. The number of nitrogen functional groups attached to an aromatic ring is 2. The molecule has 0 bridgehead atoms. The normalized spacial score (nSPS) is 13.4. The number of rotatable bonds is 0. The summed E-state index contributed by atoms with van der Waals surface area (Å²) >= 11 is 0. The first-order valence-corrected chi connectivity index (χ1v) is 21.1. The van der Waals surface area contributed by atoms with Gasteiger partial charge in [0.1, 0.15) is 23.3 Å². The number of H-pyrrole nitrogens is 5. The van der Waals surface area contributed by atoms with Gasteiger partial charge in [-0.2, -0.15) is 4.98 Å². The fourth-order valence-electron chi connectivity index (χ4n) is 5.81. The number of carbonyl (C=O) groups is 2. The van der Waals surface area contributed by atoms with Crippen LogP contribution in [0.4, 0.5) is 16.6 Å². The number of aryl methyl sites for hydroxylation is 6. The second kappa shape index (κ2) is 23.8. The average molecular weight is 1020 g/mol. The van der Waals surface area contributed by atoms with E-state index < -0.39 is 11.2 Å². The van der Waals surface area contributed by atoms with E-state index in [2.05, 4.69) is 82.0 Å². The maximum atomic E-state index is 11.2. The van der Waals surface area contributed by atoms with Crippen molar-refractivity contribution >= 4 is 68.4 Å². The van der Waals surface area contributed by atoms with E-state index in [0.717, 1.165) is 5.65 Å². The number of urea groups is 1. The fraction of sp³-hybridized carbons (Fsp3) is 0.220. The highest BCUT2D eigenvalue weighted by Gasteiger charge is 2.12. The number of amides is 3. The summed E-state index contributed by atoms with van der Waals surface area (Å²) in [7, 11) is 12.2. The molecule has 1 atom stereocenters. The Morgan fingerprint density at radius 3 is 1.76 bits per heavy atom. The van der Waals surface area contributed by atoms with Gasteiger partial charge in [0.05, 0.1) is 37.8 Å².